The molecule has 3 aromatic heterocycles. The second kappa shape index (κ2) is 9.15. The number of nitrogens with one attached hydrogen (secondary N) is 1. The van der Waals surface area contributed by atoms with Crippen LogP contribution in [0.5, 0.6) is 0 Å². The fourth-order valence-corrected chi connectivity index (χ4v) is 2.99. The van der Waals surface area contributed by atoms with Crippen molar-refractivity contribution in [2.24, 2.45) is 0 Å². The quantitative estimate of drug-likeness (QED) is 0.471. The Hall–Kier alpha value is -3.10. The molecule has 9 heteroatoms. The van der Waals surface area contributed by atoms with E-state index in [4.69, 9.17) is 9.26 Å². The fourth-order valence-electron chi connectivity index (χ4n) is 2.99. The van der Waals surface area contributed by atoms with Crippen LogP contribution in [0, 0.1) is 19.7 Å². The maximum Gasteiger partial charge on any atom is 0.261 e. The van der Waals surface area contributed by atoms with E-state index < -0.39 is 0 Å². The van der Waals surface area contributed by atoms with Crippen molar-refractivity contribution < 1.29 is 13.7 Å². The van der Waals surface area contributed by atoms with Gasteiger partial charge in [-0.3, -0.25) is 0 Å². The minimum atomic E-state index is -0.257. The maximum atomic E-state index is 13.7. The number of hydrogen-bond acceptors (Lipinski definition) is 7. The van der Waals surface area contributed by atoms with Crippen molar-refractivity contribution in [1.82, 2.24) is 20.1 Å². The summed E-state index contributed by atoms with van der Waals surface area (Å²) < 4.78 is 24.2. The highest BCUT2D eigenvalue weighted by atomic mass is 35.5. The standard InChI is InChI=1S/C21H20FN5O2.ClH/c1-12-10-14(5-7-17(12)22)25-19-15-6-4-13(2)24-20(15)23-11-16(19)21-26-18(27-29-21)8-9-28-3;/h4-7,10-11H,8-9H2,1-3H3,(H,23,24,25);1H. The van der Waals surface area contributed by atoms with Gasteiger partial charge in [0.1, 0.15) is 5.82 Å². The monoisotopic (exact) mass is 429 g/mol. The first-order valence-corrected chi connectivity index (χ1v) is 9.16. The van der Waals surface area contributed by atoms with Crippen LogP contribution in [0.1, 0.15) is 17.1 Å². The van der Waals surface area contributed by atoms with E-state index in [0.29, 0.717) is 41.5 Å². The molecule has 0 saturated heterocycles. The molecule has 0 unspecified atom stereocenters. The predicted octanol–water partition coefficient (Wildman–Crippen LogP) is 4.79. The second-order valence-corrected chi connectivity index (χ2v) is 6.72. The summed E-state index contributed by atoms with van der Waals surface area (Å²) >= 11 is 0. The Balaban J connectivity index is 0.00000256. The van der Waals surface area contributed by atoms with Gasteiger partial charge in [-0.2, -0.15) is 4.98 Å². The molecule has 0 spiro atoms. The summed E-state index contributed by atoms with van der Waals surface area (Å²) in [6.45, 7) is 4.13. The highest BCUT2D eigenvalue weighted by Crippen LogP contribution is 2.35. The molecule has 3 heterocycles. The van der Waals surface area contributed by atoms with Gasteiger partial charge in [0.2, 0.25) is 0 Å². The van der Waals surface area contributed by atoms with Crippen molar-refractivity contribution >= 4 is 34.8 Å². The van der Waals surface area contributed by atoms with Crippen LogP contribution in [0.4, 0.5) is 15.8 Å². The number of hydrogen-bond donors (Lipinski definition) is 1. The van der Waals surface area contributed by atoms with Crippen LogP contribution in [0.2, 0.25) is 0 Å². The average molecular weight is 430 g/mol. The highest BCUT2D eigenvalue weighted by molar-refractivity contribution is 5.98. The molecule has 0 amide bonds. The molecule has 0 saturated carbocycles. The third-order valence-electron chi connectivity index (χ3n) is 4.52. The number of nitrogens with zero attached hydrogens (tertiary/aromatic N) is 4. The van der Waals surface area contributed by atoms with E-state index in [1.165, 1.54) is 6.07 Å². The van der Waals surface area contributed by atoms with Gasteiger partial charge in [0, 0.05) is 36.5 Å². The number of aromatic nitrogens is 4. The van der Waals surface area contributed by atoms with Crippen LogP contribution in [0.25, 0.3) is 22.5 Å². The van der Waals surface area contributed by atoms with Crippen LogP contribution in [-0.2, 0) is 11.2 Å². The smallest absolute Gasteiger partial charge is 0.261 e. The SMILES string of the molecule is COCCc1noc(-c2cnc3nc(C)ccc3c2Nc2ccc(F)c(C)c2)n1.Cl. The van der Waals surface area contributed by atoms with E-state index >= 15 is 0 Å². The molecule has 0 fully saturated rings. The lowest BCUT2D eigenvalue weighted by atomic mass is 10.1. The number of anilines is 2. The Bertz CT molecular complexity index is 1180. The van der Waals surface area contributed by atoms with Gasteiger partial charge >= 0.3 is 0 Å². The molecule has 0 aliphatic carbocycles. The van der Waals surface area contributed by atoms with Crippen molar-refractivity contribution in [3.63, 3.8) is 0 Å². The minimum Gasteiger partial charge on any atom is -0.384 e. The normalized spacial score (nSPS) is 10.8. The van der Waals surface area contributed by atoms with Crippen molar-refractivity contribution in [2.45, 2.75) is 20.3 Å². The molecular formula is C21H21ClFN5O2. The lowest BCUT2D eigenvalue weighted by Crippen LogP contribution is -2.00. The van der Waals surface area contributed by atoms with E-state index in [2.05, 4.69) is 25.4 Å². The van der Waals surface area contributed by atoms with E-state index in [9.17, 15) is 4.39 Å². The Morgan fingerprint density at radius 2 is 1.97 bits per heavy atom. The van der Waals surface area contributed by atoms with Crippen molar-refractivity contribution in [2.75, 3.05) is 19.0 Å². The van der Waals surface area contributed by atoms with Gasteiger partial charge in [-0.1, -0.05) is 5.16 Å². The Labute approximate surface area is 179 Å². The maximum absolute atomic E-state index is 13.7. The average Bonchev–Trinajstić information content (AvgIpc) is 3.18. The largest absolute Gasteiger partial charge is 0.384 e. The van der Waals surface area contributed by atoms with Crippen molar-refractivity contribution in [3.8, 4) is 11.5 Å². The number of fused-ring (bicyclic) bond motifs is 1. The summed E-state index contributed by atoms with van der Waals surface area (Å²) in [4.78, 5) is 13.4. The van der Waals surface area contributed by atoms with E-state index in [-0.39, 0.29) is 18.2 Å². The first-order chi connectivity index (χ1) is 14.0. The van der Waals surface area contributed by atoms with Gasteiger partial charge in [0.15, 0.2) is 11.5 Å². The molecule has 1 N–H and O–H groups in total. The highest BCUT2D eigenvalue weighted by Gasteiger charge is 2.18. The van der Waals surface area contributed by atoms with E-state index in [1.807, 2.05) is 19.1 Å². The van der Waals surface area contributed by atoms with Gasteiger partial charge in [-0.15, -0.1) is 12.4 Å². The van der Waals surface area contributed by atoms with Crippen LogP contribution >= 0.6 is 12.4 Å². The number of benzene rings is 1. The molecule has 4 aromatic rings. The lowest BCUT2D eigenvalue weighted by molar-refractivity contribution is 0.199. The number of methoxy groups -OCH3 is 1. The fraction of sp³-hybridized carbons (Fsp3) is 0.238. The Morgan fingerprint density at radius 3 is 2.73 bits per heavy atom. The molecule has 0 bridgehead atoms. The predicted molar refractivity (Wildman–Crippen MR) is 115 cm³/mol. The Morgan fingerprint density at radius 1 is 1.13 bits per heavy atom. The lowest BCUT2D eigenvalue weighted by Gasteiger charge is -2.13. The summed E-state index contributed by atoms with van der Waals surface area (Å²) in [5, 5.41) is 8.16. The van der Waals surface area contributed by atoms with Crippen molar-refractivity contribution in [1.29, 1.82) is 0 Å². The summed E-state index contributed by atoms with van der Waals surface area (Å²) in [7, 11) is 1.62. The minimum absolute atomic E-state index is 0. The first-order valence-electron chi connectivity index (χ1n) is 9.16. The van der Waals surface area contributed by atoms with Gasteiger partial charge in [-0.05, 0) is 49.7 Å². The zero-order chi connectivity index (χ0) is 20.4. The molecule has 0 atom stereocenters. The third-order valence-corrected chi connectivity index (χ3v) is 4.52. The zero-order valence-corrected chi connectivity index (χ0v) is 17.6. The molecule has 30 heavy (non-hydrogen) atoms. The molecule has 4 rings (SSSR count). The molecule has 0 radical (unpaired) electrons. The second-order valence-electron chi connectivity index (χ2n) is 6.72. The topological polar surface area (TPSA) is 86.0 Å². The van der Waals surface area contributed by atoms with Crippen LogP contribution in [0.15, 0.2) is 41.1 Å². The Kier molecular flexibility index (Phi) is 6.59. The number of aryl methyl sites for hydroxylation is 2. The molecule has 0 aliphatic heterocycles. The molecule has 1 aromatic carbocycles. The number of ether oxygens (including phenoxy) is 1. The molecule has 7 nitrogen and oxygen atoms in total. The molecule has 0 aliphatic rings. The summed E-state index contributed by atoms with van der Waals surface area (Å²) in [6.07, 6.45) is 2.20. The van der Waals surface area contributed by atoms with Crippen LogP contribution in [-0.4, -0.2) is 33.8 Å². The zero-order valence-electron chi connectivity index (χ0n) is 16.8. The summed E-state index contributed by atoms with van der Waals surface area (Å²) in [5.74, 6) is 0.632. The summed E-state index contributed by atoms with van der Waals surface area (Å²) in [5.41, 5.74) is 4.09. The van der Waals surface area contributed by atoms with Gasteiger partial charge in [0.25, 0.3) is 5.89 Å². The number of pyridine rings is 2. The third kappa shape index (κ3) is 4.39. The first kappa shape index (κ1) is 21.6. The molecular weight excluding hydrogens is 409 g/mol. The van der Waals surface area contributed by atoms with Gasteiger partial charge < -0.3 is 14.6 Å². The van der Waals surface area contributed by atoms with E-state index in [1.54, 1.807) is 32.4 Å². The van der Waals surface area contributed by atoms with Crippen LogP contribution < -0.4 is 5.32 Å². The van der Waals surface area contributed by atoms with E-state index in [0.717, 1.165) is 22.5 Å². The number of rotatable bonds is 6. The van der Waals surface area contributed by atoms with Gasteiger partial charge in [0.05, 0.1) is 17.9 Å². The number of halogens is 2. The summed E-state index contributed by atoms with van der Waals surface area (Å²) in [6, 6.07) is 8.70. The van der Waals surface area contributed by atoms with Crippen molar-refractivity contribution in [3.05, 3.63) is 59.4 Å². The van der Waals surface area contributed by atoms with Gasteiger partial charge in [-0.25, -0.2) is 14.4 Å². The molecule has 156 valence electrons. The van der Waals surface area contributed by atoms with Crippen LogP contribution in [0.3, 0.4) is 0 Å².